The fourth-order valence-corrected chi connectivity index (χ4v) is 12.2. The van der Waals surface area contributed by atoms with Gasteiger partial charge in [-0.3, -0.25) is 4.79 Å². The van der Waals surface area contributed by atoms with Crippen molar-refractivity contribution in [3.63, 3.8) is 0 Å². The zero-order valence-corrected chi connectivity index (χ0v) is 53.1. The SMILES string of the molecule is CCC(C)(C)c1ccc(OC(=O)c2cc(C(C)(C)C)c(O)c(C(C)(C)C)c2)c(C(C)(C)CC)c1.CCC1(COC(=O)CCc2cc(C(C)(C)C)c(O)c(C(C)(C)C)c2)COC2(CC(c3ccccc3)SC(c3ccccc3)C2)OC1. The number of hydrogen-bond donors (Lipinski definition) is 2. The maximum Gasteiger partial charge on any atom is 0.343 e. The van der Waals surface area contributed by atoms with Gasteiger partial charge in [0.25, 0.3) is 0 Å². The number of carbonyl (C=O) groups excluding carboxylic acids is 2. The van der Waals surface area contributed by atoms with E-state index in [1.165, 1.54) is 16.7 Å². The van der Waals surface area contributed by atoms with Gasteiger partial charge in [0.1, 0.15) is 23.9 Å². The zero-order chi connectivity index (χ0) is 59.4. The summed E-state index contributed by atoms with van der Waals surface area (Å²) in [6, 6.07) is 35.2. The second-order valence-corrected chi connectivity index (χ2v) is 29.8. The van der Waals surface area contributed by atoms with E-state index in [2.05, 4.69) is 163 Å². The number of carbonyl (C=O) groups is 2. The Morgan fingerprint density at radius 2 is 1.01 bits per heavy atom. The largest absolute Gasteiger partial charge is 0.507 e. The third-order valence-corrected chi connectivity index (χ3v) is 18.6. The van der Waals surface area contributed by atoms with Gasteiger partial charge in [-0.05, 0) is 110 Å². The molecular weight excluding hydrogens is 1010 g/mol. The van der Waals surface area contributed by atoms with Crippen molar-refractivity contribution in [2.75, 3.05) is 19.8 Å². The molecule has 0 aromatic heterocycles. The van der Waals surface area contributed by atoms with Gasteiger partial charge in [-0.25, -0.2) is 4.79 Å². The van der Waals surface area contributed by atoms with Crippen LogP contribution in [0.3, 0.4) is 0 Å². The van der Waals surface area contributed by atoms with Crippen molar-refractivity contribution in [1.29, 1.82) is 0 Å². The van der Waals surface area contributed by atoms with Crippen molar-refractivity contribution >= 4 is 23.7 Å². The molecule has 436 valence electrons. The van der Waals surface area contributed by atoms with Gasteiger partial charge in [-0.2, -0.15) is 0 Å². The van der Waals surface area contributed by atoms with Crippen LogP contribution in [0, 0.1) is 5.41 Å². The minimum absolute atomic E-state index is 0.0429. The van der Waals surface area contributed by atoms with Crippen molar-refractivity contribution in [3.8, 4) is 17.2 Å². The Labute approximate surface area is 486 Å². The third-order valence-electron chi connectivity index (χ3n) is 17.1. The molecule has 2 N–H and O–H groups in total. The van der Waals surface area contributed by atoms with E-state index < -0.39 is 11.8 Å². The lowest BCUT2D eigenvalue weighted by Crippen LogP contribution is -2.53. The summed E-state index contributed by atoms with van der Waals surface area (Å²) in [4.78, 5) is 26.6. The number of hydrogen-bond acceptors (Lipinski definition) is 9. The lowest BCUT2D eigenvalue weighted by molar-refractivity contribution is -0.315. The van der Waals surface area contributed by atoms with Crippen LogP contribution in [-0.2, 0) is 57.9 Å². The van der Waals surface area contributed by atoms with Crippen LogP contribution in [0.1, 0.15) is 241 Å². The molecular formula is C71H98O8S. The molecule has 2 fully saturated rings. The van der Waals surface area contributed by atoms with E-state index in [1.54, 1.807) is 12.1 Å². The van der Waals surface area contributed by atoms with Crippen molar-refractivity contribution in [3.05, 3.63) is 159 Å². The summed E-state index contributed by atoms with van der Waals surface area (Å²) in [7, 11) is 0. The van der Waals surface area contributed by atoms with Gasteiger partial charge in [0, 0.05) is 46.5 Å². The van der Waals surface area contributed by atoms with Crippen LogP contribution in [0.15, 0.2) is 103 Å². The van der Waals surface area contributed by atoms with Gasteiger partial charge in [0.15, 0.2) is 5.79 Å². The highest BCUT2D eigenvalue weighted by Gasteiger charge is 2.50. The number of thioether (sulfide) groups is 1. The van der Waals surface area contributed by atoms with E-state index in [4.69, 9.17) is 18.9 Å². The zero-order valence-electron chi connectivity index (χ0n) is 52.3. The summed E-state index contributed by atoms with van der Waals surface area (Å²) in [5, 5.41) is 22.6. The van der Waals surface area contributed by atoms with Crippen LogP contribution in [-0.4, -0.2) is 47.8 Å². The Morgan fingerprint density at radius 3 is 1.43 bits per heavy atom. The molecule has 80 heavy (non-hydrogen) atoms. The normalized spacial score (nSPS) is 20.2. The summed E-state index contributed by atoms with van der Waals surface area (Å²) in [5.41, 5.74) is 8.15. The number of ether oxygens (including phenoxy) is 4. The molecule has 2 aliphatic rings. The number of esters is 2. The summed E-state index contributed by atoms with van der Waals surface area (Å²) in [6.45, 7) is 41.5. The van der Waals surface area contributed by atoms with Gasteiger partial charge in [0.2, 0.25) is 0 Å². The van der Waals surface area contributed by atoms with E-state index >= 15 is 0 Å². The Bertz CT molecular complexity index is 2780. The molecule has 0 amide bonds. The van der Waals surface area contributed by atoms with E-state index in [9.17, 15) is 19.8 Å². The second kappa shape index (κ2) is 24.8. The molecule has 7 rings (SSSR count). The molecule has 2 heterocycles. The van der Waals surface area contributed by atoms with E-state index in [0.717, 1.165) is 65.5 Å². The van der Waals surface area contributed by atoms with E-state index in [0.29, 0.717) is 36.7 Å². The Hall–Kier alpha value is -5.09. The van der Waals surface area contributed by atoms with Crippen LogP contribution < -0.4 is 4.74 Å². The molecule has 2 saturated heterocycles. The maximum atomic E-state index is 13.5. The van der Waals surface area contributed by atoms with Crippen molar-refractivity contribution in [2.24, 2.45) is 5.41 Å². The number of aromatic hydroxyl groups is 2. The monoisotopic (exact) mass is 1110 g/mol. The molecule has 2 aliphatic heterocycles. The molecule has 0 bridgehead atoms. The van der Waals surface area contributed by atoms with Gasteiger partial charge in [-0.15, -0.1) is 11.8 Å². The highest BCUT2D eigenvalue weighted by molar-refractivity contribution is 7.99. The first-order valence-corrected chi connectivity index (χ1v) is 30.3. The fraction of sp³-hybridized carbons (Fsp3) is 0.549. The average molecular weight is 1110 g/mol. The standard InChI is InChI=1S/C40H52O5S.C31H46O3/c1-8-39(25-43-35(41)20-19-28-21-31(37(2,3)4)36(42)32(22-28)38(5,6)7)26-44-40(45-27-39)23-33(29-15-11-9-12-16-29)46-34(24-40)30-17-13-10-14-18-30;1-13-30(9,10)21-15-16-25(22(19-21)31(11,12)14-2)34-27(33)20-17-23(28(3,4)5)26(32)24(18-20)29(6,7)8/h9-18,21-22,33-34,42H,8,19-20,23-27H2,1-7H3;15-19,32H,13-14H2,1-12H3. The van der Waals surface area contributed by atoms with E-state index in [-0.39, 0.29) is 73.2 Å². The van der Waals surface area contributed by atoms with Gasteiger partial charge in [-0.1, -0.05) is 216 Å². The predicted octanol–water partition coefficient (Wildman–Crippen LogP) is 18.2. The first kappa shape index (κ1) is 64.1. The second-order valence-electron chi connectivity index (χ2n) is 28.4. The smallest absolute Gasteiger partial charge is 0.343 e. The van der Waals surface area contributed by atoms with Gasteiger partial charge >= 0.3 is 11.9 Å². The van der Waals surface area contributed by atoms with Crippen molar-refractivity contribution in [2.45, 2.75) is 225 Å². The third kappa shape index (κ3) is 15.5. The van der Waals surface area contributed by atoms with Crippen LogP contribution in [0.25, 0.3) is 0 Å². The molecule has 5 aromatic carbocycles. The minimum Gasteiger partial charge on any atom is -0.507 e. The average Bonchev–Trinajstić information content (AvgIpc) is 3.43. The number of phenolic OH excluding ortho intramolecular Hbond substituents is 2. The minimum atomic E-state index is -0.677. The maximum absolute atomic E-state index is 13.5. The van der Waals surface area contributed by atoms with Crippen LogP contribution >= 0.6 is 11.8 Å². The van der Waals surface area contributed by atoms with Crippen molar-refractivity contribution < 1.29 is 38.7 Å². The Kier molecular flexibility index (Phi) is 19.9. The molecule has 0 radical (unpaired) electrons. The van der Waals surface area contributed by atoms with Gasteiger partial charge < -0.3 is 29.2 Å². The number of aryl methyl sites for hydroxylation is 1. The molecule has 0 aliphatic carbocycles. The first-order chi connectivity index (χ1) is 37.1. The summed E-state index contributed by atoms with van der Waals surface area (Å²) in [6.07, 6.45) is 5.13. The quantitative estimate of drug-likeness (QED) is 0.0829. The number of rotatable bonds is 14. The Balaban J connectivity index is 0.000000271. The van der Waals surface area contributed by atoms with Crippen LogP contribution in [0.5, 0.6) is 17.2 Å². The Morgan fingerprint density at radius 1 is 0.575 bits per heavy atom. The van der Waals surface area contributed by atoms with E-state index in [1.807, 2.05) is 71.5 Å². The van der Waals surface area contributed by atoms with Crippen LogP contribution in [0.2, 0.25) is 0 Å². The lowest BCUT2D eigenvalue weighted by Gasteiger charge is -2.50. The summed E-state index contributed by atoms with van der Waals surface area (Å²) >= 11 is 1.99. The molecule has 8 nitrogen and oxygen atoms in total. The highest BCUT2D eigenvalue weighted by atomic mass is 32.2. The number of benzene rings is 5. The topological polar surface area (TPSA) is 112 Å². The lowest BCUT2D eigenvalue weighted by atomic mass is 9.76. The summed E-state index contributed by atoms with van der Waals surface area (Å²) < 4.78 is 25.5. The molecule has 2 unspecified atom stereocenters. The first-order valence-electron chi connectivity index (χ1n) is 29.4. The van der Waals surface area contributed by atoms with Crippen molar-refractivity contribution in [1.82, 2.24) is 0 Å². The highest BCUT2D eigenvalue weighted by Crippen LogP contribution is 2.57. The number of phenols is 2. The predicted molar refractivity (Wildman–Crippen MR) is 331 cm³/mol. The molecule has 5 aromatic rings. The molecule has 2 atom stereocenters. The fourth-order valence-electron chi connectivity index (χ4n) is 10.5. The molecule has 0 saturated carbocycles. The van der Waals surface area contributed by atoms with Crippen LogP contribution in [0.4, 0.5) is 0 Å². The molecule has 9 heteroatoms. The molecule has 1 spiro atoms. The van der Waals surface area contributed by atoms with Gasteiger partial charge in [0.05, 0.1) is 24.2 Å². The summed E-state index contributed by atoms with van der Waals surface area (Å²) in [5.74, 6) is -0.0768.